The van der Waals surface area contributed by atoms with E-state index in [9.17, 15) is 13.2 Å². The molecule has 0 atom stereocenters. The molecule has 0 N–H and O–H groups in total. The topological polar surface area (TPSA) is 60.9 Å². The molecule has 0 aromatic heterocycles. The maximum absolute atomic E-state index is 13.6. The fourth-order valence-electron chi connectivity index (χ4n) is 4.27. The van der Waals surface area contributed by atoms with Gasteiger partial charge in [0.15, 0.2) is 0 Å². The molecule has 1 amide bonds. The Morgan fingerprint density at radius 1 is 0.765 bits per heavy atom. The highest BCUT2D eigenvalue weighted by molar-refractivity contribution is 7.88. The van der Waals surface area contributed by atoms with Crippen molar-refractivity contribution >= 4 is 15.9 Å². The van der Waals surface area contributed by atoms with Crippen LogP contribution in [-0.2, 0) is 29.7 Å². The number of carbonyl (C=O) groups excluding carboxylic acids is 1. The fourth-order valence-corrected chi connectivity index (χ4v) is 5.10. The maximum atomic E-state index is 13.6. The molecule has 0 saturated carbocycles. The van der Waals surface area contributed by atoms with Gasteiger partial charge in [0.2, 0.25) is 10.0 Å². The van der Waals surface area contributed by atoms with Gasteiger partial charge in [-0.05, 0) is 28.8 Å². The first-order chi connectivity index (χ1) is 16.4. The SMILES string of the molecule is CS(=O)(=O)N1CCN(Cc2cccc(C(=O)N(Cc3ccccc3)Cc3ccccc3)c2)CC1. The largest absolute Gasteiger partial charge is 0.330 e. The number of piperazine rings is 1. The van der Waals surface area contributed by atoms with Crippen molar-refractivity contribution in [3.63, 3.8) is 0 Å². The van der Waals surface area contributed by atoms with Gasteiger partial charge in [-0.2, -0.15) is 4.31 Å². The van der Waals surface area contributed by atoms with Gasteiger partial charge in [0.25, 0.3) is 5.91 Å². The van der Waals surface area contributed by atoms with Crippen LogP contribution < -0.4 is 0 Å². The first kappa shape index (κ1) is 24.1. The Hall–Kier alpha value is -3.00. The summed E-state index contributed by atoms with van der Waals surface area (Å²) in [6, 6.07) is 27.9. The molecule has 0 radical (unpaired) electrons. The number of sulfonamides is 1. The first-order valence-electron chi connectivity index (χ1n) is 11.5. The first-order valence-corrected chi connectivity index (χ1v) is 13.4. The quantitative estimate of drug-likeness (QED) is 0.497. The number of hydrogen-bond donors (Lipinski definition) is 0. The summed E-state index contributed by atoms with van der Waals surface area (Å²) in [5.74, 6) is -0.00329. The van der Waals surface area contributed by atoms with Crippen molar-refractivity contribution in [1.82, 2.24) is 14.1 Å². The normalized spacial score (nSPS) is 15.2. The highest BCUT2D eigenvalue weighted by atomic mass is 32.2. The van der Waals surface area contributed by atoms with Crippen molar-refractivity contribution < 1.29 is 13.2 Å². The van der Waals surface area contributed by atoms with Crippen molar-refractivity contribution in [3.05, 3.63) is 107 Å². The van der Waals surface area contributed by atoms with E-state index in [0.29, 0.717) is 51.4 Å². The predicted molar refractivity (Wildman–Crippen MR) is 135 cm³/mol. The molecule has 1 heterocycles. The second kappa shape index (κ2) is 11.0. The average molecular weight is 478 g/mol. The third-order valence-electron chi connectivity index (χ3n) is 6.10. The van der Waals surface area contributed by atoms with Crippen LogP contribution >= 0.6 is 0 Å². The monoisotopic (exact) mass is 477 g/mol. The molecule has 3 aromatic carbocycles. The lowest BCUT2D eigenvalue weighted by atomic mass is 10.1. The van der Waals surface area contributed by atoms with Crippen LogP contribution in [0.5, 0.6) is 0 Å². The van der Waals surface area contributed by atoms with Crippen LogP contribution in [0.4, 0.5) is 0 Å². The molecule has 1 saturated heterocycles. The second-order valence-corrected chi connectivity index (χ2v) is 10.8. The summed E-state index contributed by atoms with van der Waals surface area (Å²) in [6.45, 7) is 4.12. The molecule has 6 nitrogen and oxygen atoms in total. The Morgan fingerprint density at radius 2 is 1.29 bits per heavy atom. The predicted octanol–water partition coefficient (Wildman–Crippen LogP) is 3.61. The lowest BCUT2D eigenvalue weighted by molar-refractivity contribution is 0.0729. The van der Waals surface area contributed by atoms with Gasteiger partial charge < -0.3 is 4.90 Å². The van der Waals surface area contributed by atoms with Gasteiger partial charge in [0, 0.05) is 51.4 Å². The summed E-state index contributed by atoms with van der Waals surface area (Å²) >= 11 is 0. The fraction of sp³-hybridized carbons (Fsp3) is 0.296. The van der Waals surface area contributed by atoms with Gasteiger partial charge in [-0.1, -0.05) is 72.8 Å². The number of amides is 1. The van der Waals surface area contributed by atoms with Crippen molar-refractivity contribution in [2.75, 3.05) is 32.4 Å². The number of nitrogens with zero attached hydrogens (tertiary/aromatic N) is 3. The zero-order chi connectivity index (χ0) is 24.0. The minimum atomic E-state index is -3.14. The van der Waals surface area contributed by atoms with Crippen molar-refractivity contribution in [2.24, 2.45) is 0 Å². The van der Waals surface area contributed by atoms with Gasteiger partial charge >= 0.3 is 0 Å². The van der Waals surface area contributed by atoms with Crippen molar-refractivity contribution in [2.45, 2.75) is 19.6 Å². The Labute approximate surface area is 202 Å². The minimum Gasteiger partial charge on any atom is -0.330 e. The number of carbonyl (C=O) groups is 1. The Kier molecular flexibility index (Phi) is 7.77. The van der Waals surface area contributed by atoms with Crippen molar-refractivity contribution in [1.29, 1.82) is 0 Å². The Bertz CT molecular complexity index is 1150. The van der Waals surface area contributed by atoms with E-state index in [0.717, 1.165) is 16.7 Å². The highest BCUT2D eigenvalue weighted by Crippen LogP contribution is 2.17. The molecule has 0 spiro atoms. The Morgan fingerprint density at radius 3 is 1.82 bits per heavy atom. The molecule has 3 aromatic rings. The van der Waals surface area contributed by atoms with E-state index in [-0.39, 0.29) is 5.91 Å². The van der Waals surface area contributed by atoms with Crippen LogP contribution in [0.3, 0.4) is 0 Å². The number of rotatable bonds is 8. The second-order valence-electron chi connectivity index (χ2n) is 8.77. The number of hydrogen-bond acceptors (Lipinski definition) is 4. The highest BCUT2D eigenvalue weighted by Gasteiger charge is 2.23. The lowest BCUT2D eigenvalue weighted by Gasteiger charge is -2.33. The van der Waals surface area contributed by atoms with E-state index < -0.39 is 10.0 Å². The molecule has 178 valence electrons. The van der Waals surface area contributed by atoms with Crippen LogP contribution in [0.25, 0.3) is 0 Å². The third-order valence-corrected chi connectivity index (χ3v) is 7.40. The van der Waals surface area contributed by atoms with E-state index in [2.05, 4.69) is 4.90 Å². The molecule has 7 heteroatoms. The molecular formula is C27H31N3O3S. The summed E-state index contributed by atoms with van der Waals surface area (Å²) in [6.07, 6.45) is 1.26. The van der Waals surface area contributed by atoms with Gasteiger partial charge in [-0.3, -0.25) is 9.69 Å². The van der Waals surface area contributed by atoms with E-state index in [1.807, 2.05) is 89.8 Å². The third kappa shape index (κ3) is 6.53. The van der Waals surface area contributed by atoms with E-state index in [4.69, 9.17) is 0 Å². The van der Waals surface area contributed by atoms with Gasteiger partial charge in [-0.15, -0.1) is 0 Å². The van der Waals surface area contributed by atoms with E-state index >= 15 is 0 Å². The standard InChI is InChI=1S/C27H31N3O3S/c1-34(32,33)30-17-15-28(16-18-30)20-25-13-8-14-26(19-25)27(31)29(21-23-9-4-2-5-10-23)22-24-11-6-3-7-12-24/h2-14,19H,15-18,20-22H2,1H3. The smallest absolute Gasteiger partial charge is 0.254 e. The molecule has 0 bridgehead atoms. The summed E-state index contributed by atoms with van der Waals surface area (Å²) in [5, 5.41) is 0. The van der Waals surface area contributed by atoms with Crippen molar-refractivity contribution in [3.8, 4) is 0 Å². The molecule has 1 fully saturated rings. The zero-order valence-electron chi connectivity index (χ0n) is 19.5. The summed E-state index contributed by atoms with van der Waals surface area (Å²) < 4.78 is 25.0. The van der Waals surface area contributed by atoms with E-state index in [1.165, 1.54) is 10.6 Å². The minimum absolute atomic E-state index is 0.00329. The van der Waals surface area contributed by atoms with Crippen LogP contribution in [-0.4, -0.2) is 60.9 Å². The average Bonchev–Trinajstić information content (AvgIpc) is 2.84. The molecule has 0 unspecified atom stereocenters. The zero-order valence-corrected chi connectivity index (χ0v) is 20.3. The summed E-state index contributed by atoms with van der Waals surface area (Å²) in [4.78, 5) is 17.7. The van der Waals surface area contributed by atoms with Gasteiger partial charge in [-0.25, -0.2) is 8.42 Å². The molecule has 0 aliphatic carbocycles. The van der Waals surface area contributed by atoms with Crippen LogP contribution in [0, 0.1) is 0 Å². The van der Waals surface area contributed by atoms with Gasteiger partial charge in [0.05, 0.1) is 6.26 Å². The summed E-state index contributed by atoms with van der Waals surface area (Å²) in [5.41, 5.74) is 3.90. The lowest BCUT2D eigenvalue weighted by Crippen LogP contribution is -2.47. The van der Waals surface area contributed by atoms with Crippen LogP contribution in [0.15, 0.2) is 84.9 Å². The molecular weight excluding hydrogens is 446 g/mol. The molecule has 1 aliphatic rings. The molecule has 4 rings (SSSR count). The van der Waals surface area contributed by atoms with E-state index in [1.54, 1.807) is 0 Å². The van der Waals surface area contributed by atoms with Crippen LogP contribution in [0.1, 0.15) is 27.0 Å². The van der Waals surface area contributed by atoms with Crippen LogP contribution in [0.2, 0.25) is 0 Å². The summed E-state index contributed by atoms with van der Waals surface area (Å²) in [7, 11) is -3.14. The van der Waals surface area contributed by atoms with Gasteiger partial charge in [0.1, 0.15) is 0 Å². The maximum Gasteiger partial charge on any atom is 0.254 e. The molecule has 34 heavy (non-hydrogen) atoms. The Balaban J connectivity index is 1.47. The number of benzene rings is 3. The molecule has 1 aliphatic heterocycles.